The molecule has 0 unspecified atom stereocenters. The normalized spacial score (nSPS) is 14.8. The van der Waals surface area contributed by atoms with Gasteiger partial charge in [0, 0.05) is 10.0 Å². The van der Waals surface area contributed by atoms with Gasteiger partial charge in [0.25, 0.3) is 11.8 Å². The van der Waals surface area contributed by atoms with Crippen LogP contribution in [0.2, 0.25) is 0 Å². The molecule has 1 saturated heterocycles. The first-order chi connectivity index (χ1) is 17.8. The lowest BCUT2D eigenvalue weighted by molar-refractivity contribution is -0.122. The Labute approximate surface area is 220 Å². The minimum absolute atomic E-state index is 0.0786. The fourth-order valence-electron chi connectivity index (χ4n) is 4.14. The molecule has 4 amide bonds. The summed E-state index contributed by atoms with van der Waals surface area (Å²) in [7, 11) is 0. The topological polar surface area (TPSA) is 75.7 Å². The van der Waals surface area contributed by atoms with Gasteiger partial charge in [-0.1, -0.05) is 58.4 Å². The molecule has 0 aromatic heterocycles. The van der Waals surface area contributed by atoms with Crippen molar-refractivity contribution >= 4 is 56.3 Å². The van der Waals surface area contributed by atoms with Crippen LogP contribution in [0.4, 0.5) is 14.9 Å². The van der Waals surface area contributed by atoms with Crippen LogP contribution in [-0.2, 0) is 16.2 Å². The predicted octanol–water partition coefficient (Wildman–Crippen LogP) is 6.30. The number of nitrogens with zero attached hydrogens (tertiary/aromatic N) is 1. The van der Waals surface area contributed by atoms with Crippen molar-refractivity contribution in [3.63, 3.8) is 0 Å². The Kier molecular flexibility index (Phi) is 6.58. The average Bonchev–Trinajstić information content (AvgIpc) is 2.87. The highest BCUT2D eigenvalue weighted by molar-refractivity contribution is 9.10. The summed E-state index contributed by atoms with van der Waals surface area (Å²) < 4.78 is 20.5. The van der Waals surface area contributed by atoms with E-state index in [1.165, 1.54) is 18.2 Å². The monoisotopic (exact) mass is 558 g/mol. The zero-order chi connectivity index (χ0) is 26.1. The highest BCUT2D eigenvalue weighted by Crippen LogP contribution is 2.33. The second kappa shape index (κ2) is 9.99. The summed E-state index contributed by atoms with van der Waals surface area (Å²) in [6.45, 7) is 1.91. The van der Waals surface area contributed by atoms with Crippen molar-refractivity contribution in [3.8, 4) is 5.75 Å². The van der Waals surface area contributed by atoms with Crippen LogP contribution < -0.4 is 15.0 Å². The molecule has 1 heterocycles. The third-order valence-corrected chi connectivity index (χ3v) is 6.89. The number of nitrogens with one attached hydrogen (secondary N) is 1. The quantitative estimate of drug-likeness (QED) is 0.230. The molecule has 1 fully saturated rings. The maximum absolute atomic E-state index is 13.6. The fourth-order valence-corrected chi connectivity index (χ4v) is 4.39. The first-order valence-electron chi connectivity index (χ1n) is 11.4. The smallest absolute Gasteiger partial charge is 0.335 e. The Bertz CT molecular complexity index is 1620. The number of hydrogen-bond donors (Lipinski definition) is 1. The van der Waals surface area contributed by atoms with Crippen molar-refractivity contribution in [1.29, 1.82) is 0 Å². The van der Waals surface area contributed by atoms with E-state index in [0.29, 0.717) is 22.6 Å². The van der Waals surface area contributed by atoms with Crippen molar-refractivity contribution in [2.75, 3.05) is 4.90 Å². The summed E-state index contributed by atoms with van der Waals surface area (Å²) >= 11 is 3.41. The molecule has 8 heteroatoms. The van der Waals surface area contributed by atoms with Gasteiger partial charge in [-0.2, -0.15) is 0 Å². The number of rotatable bonds is 5. The number of hydrogen-bond acceptors (Lipinski definition) is 4. The van der Waals surface area contributed by atoms with Crippen molar-refractivity contribution < 1.29 is 23.5 Å². The number of aryl methyl sites for hydroxylation is 1. The number of amides is 4. The Morgan fingerprint density at radius 3 is 2.57 bits per heavy atom. The number of barbiturate groups is 1. The van der Waals surface area contributed by atoms with Crippen LogP contribution in [0, 0.1) is 12.7 Å². The molecular weight excluding hydrogens is 539 g/mol. The molecule has 0 bridgehead atoms. The van der Waals surface area contributed by atoms with E-state index < -0.39 is 17.8 Å². The molecule has 37 heavy (non-hydrogen) atoms. The van der Waals surface area contributed by atoms with Crippen LogP contribution in [0.15, 0.2) is 88.9 Å². The molecule has 0 radical (unpaired) electrons. The van der Waals surface area contributed by atoms with Gasteiger partial charge in [0.15, 0.2) is 0 Å². The van der Waals surface area contributed by atoms with Gasteiger partial charge in [-0.25, -0.2) is 14.1 Å². The van der Waals surface area contributed by atoms with E-state index >= 15 is 0 Å². The van der Waals surface area contributed by atoms with E-state index in [1.54, 1.807) is 36.4 Å². The number of urea groups is 1. The largest absolute Gasteiger partial charge is 0.488 e. The van der Waals surface area contributed by atoms with Crippen molar-refractivity contribution in [3.05, 3.63) is 111 Å². The van der Waals surface area contributed by atoms with Crippen molar-refractivity contribution in [1.82, 2.24) is 5.32 Å². The SMILES string of the molecule is Cc1cc(N2C(=O)NC(=O)/C(=C/c3c(OCc4cccc(F)c4)ccc4ccccc34)C2=O)ccc1Br. The molecule has 0 aliphatic carbocycles. The summed E-state index contributed by atoms with van der Waals surface area (Å²) in [5.41, 5.74) is 2.06. The fraction of sp³-hybridized carbons (Fsp3) is 0.0690. The van der Waals surface area contributed by atoms with Gasteiger partial charge in [0.1, 0.15) is 23.7 Å². The lowest BCUT2D eigenvalue weighted by Gasteiger charge is -2.27. The molecule has 1 aliphatic rings. The number of ether oxygens (including phenoxy) is 1. The van der Waals surface area contributed by atoms with Crippen LogP contribution in [0.25, 0.3) is 16.8 Å². The molecule has 1 N–H and O–H groups in total. The van der Waals surface area contributed by atoms with Crippen LogP contribution in [0.5, 0.6) is 5.75 Å². The molecule has 0 saturated carbocycles. The summed E-state index contributed by atoms with van der Waals surface area (Å²) in [6.07, 6.45) is 1.44. The molecule has 184 valence electrons. The molecular formula is C29H20BrFN2O4. The molecule has 1 aliphatic heterocycles. The first-order valence-corrected chi connectivity index (χ1v) is 12.2. The van der Waals surface area contributed by atoms with Crippen LogP contribution in [0.3, 0.4) is 0 Å². The molecule has 4 aromatic carbocycles. The van der Waals surface area contributed by atoms with E-state index in [0.717, 1.165) is 25.7 Å². The number of carbonyl (C=O) groups is 3. The molecule has 0 atom stereocenters. The van der Waals surface area contributed by atoms with Gasteiger partial charge in [-0.15, -0.1) is 0 Å². The van der Waals surface area contributed by atoms with Gasteiger partial charge >= 0.3 is 6.03 Å². The van der Waals surface area contributed by atoms with Crippen LogP contribution in [0.1, 0.15) is 16.7 Å². The number of halogens is 2. The summed E-state index contributed by atoms with van der Waals surface area (Å²) in [6, 6.07) is 21.3. The maximum Gasteiger partial charge on any atom is 0.335 e. The first kappa shape index (κ1) is 24.4. The zero-order valence-corrected chi connectivity index (χ0v) is 21.2. The Morgan fingerprint density at radius 2 is 1.78 bits per heavy atom. The van der Waals surface area contributed by atoms with E-state index in [9.17, 15) is 18.8 Å². The molecule has 5 rings (SSSR count). The molecule has 4 aromatic rings. The van der Waals surface area contributed by atoms with Crippen LogP contribution >= 0.6 is 15.9 Å². The minimum Gasteiger partial charge on any atom is -0.488 e. The highest BCUT2D eigenvalue weighted by Gasteiger charge is 2.37. The zero-order valence-electron chi connectivity index (χ0n) is 19.6. The Morgan fingerprint density at radius 1 is 0.973 bits per heavy atom. The van der Waals surface area contributed by atoms with Gasteiger partial charge in [-0.3, -0.25) is 14.9 Å². The molecule has 6 nitrogen and oxygen atoms in total. The Balaban J connectivity index is 1.58. The summed E-state index contributed by atoms with van der Waals surface area (Å²) in [5.74, 6) is -1.53. The lowest BCUT2D eigenvalue weighted by Crippen LogP contribution is -2.54. The van der Waals surface area contributed by atoms with Gasteiger partial charge < -0.3 is 4.74 Å². The standard InChI is InChI=1S/C29H20BrFN2O4/c1-17-13-21(10-11-25(17)30)33-28(35)24(27(34)32-29(33)36)15-23-22-8-3-2-6-19(22)9-12-26(23)37-16-18-5-4-7-20(31)14-18/h2-15H,16H2,1H3,(H,32,34,36)/b24-15-. The minimum atomic E-state index is -0.825. The van der Waals surface area contributed by atoms with E-state index in [1.807, 2.05) is 37.3 Å². The van der Waals surface area contributed by atoms with E-state index in [4.69, 9.17) is 4.74 Å². The van der Waals surface area contributed by atoms with Gasteiger partial charge in [0.05, 0.1) is 5.69 Å². The third-order valence-electron chi connectivity index (χ3n) is 6.00. The van der Waals surface area contributed by atoms with Crippen molar-refractivity contribution in [2.45, 2.75) is 13.5 Å². The van der Waals surface area contributed by atoms with Gasteiger partial charge in [0.2, 0.25) is 0 Å². The number of anilines is 1. The highest BCUT2D eigenvalue weighted by atomic mass is 79.9. The second-order valence-corrected chi connectivity index (χ2v) is 9.36. The lowest BCUT2D eigenvalue weighted by atomic mass is 9.99. The third kappa shape index (κ3) is 4.88. The summed E-state index contributed by atoms with van der Waals surface area (Å²) in [5, 5.41) is 3.87. The average molecular weight is 559 g/mol. The van der Waals surface area contributed by atoms with Crippen LogP contribution in [-0.4, -0.2) is 17.8 Å². The molecule has 0 spiro atoms. The predicted molar refractivity (Wildman–Crippen MR) is 143 cm³/mol. The Hall–Kier alpha value is -4.30. The second-order valence-electron chi connectivity index (χ2n) is 8.51. The number of fused-ring (bicyclic) bond motifs is 1. The van der Waals surface area contributed by atoms with Crippen molar-refractivity contribution in [2.24, 2.45) is 0 Å². The van der Waals surface area contributed by atoms with E-state index in [-0.39, 0.29) is 18.0 Å². The summed E-state index contributed by atoms with van der Waals surface area (Å²) in [4.78, 5) is 39.9. The maximum atomic E-state index is 13.6. The van der Waals surface area contributed by atoms with E-state index in [2.05, 4.69) is 21.2 Å². The number of carbonyl (C=O) groups excluding carboxylic acids is 3. The number of benzene rings is 4. The van der Waals surface area contributed by atoms with Gasteiger partial charge in [-0.05, 0) is 71.3 Å². The number of imide groups is 2.